The van der Waals surface area contributed by atoms with E-state index in [9.17, 15) is 4.79 Å². The minimum atomic E-state index is 0.0346. The zero-order valence-electron chi connectivity index (χ0n) is 9.86. The van der Waals surface area contributed by atoms with Crippen LogP contribution in [0.15, 0.2) is 36.9 Å². The molecule has 1 rings (SSSR count). The summed E-state index contributed by atoms with van der Waals surface area (Å²) in [7, 11) is 1.82. The number of amides is 1. The van der Waals surface area contributed by atoms with Gasteiger partial charge >= 0.3 is 0 Å². The van der Waals surface area contributed by atoms with Crippen molar-refractivity contribution < 1.29 is 4.79 Å². The maximum absolute atomic E-state index is 12.2. The van der Waals surface area contributed by atoms with E-state index in [1.807, 2.05) is 38.2 Å². The van der Waals surface area contributed by atoms with Crippen LogP contribution in [-0.2, 0) is 0 Å². The fraction of sp³-hybridized carbons (Fsp3) is 0.308. The highest BCUT2D eigenvalue weighted by molar-refractivity contribution is 5.99. The van der Waals surface area contributed by atoms with Crippen LogP contribution in [0.5, 0.6) is 0 Å². The first kappa shape index (κ1) is 12.3. The Bertz CT molecular complexity index is 374. The maximum atomic E-state index is 12.2. The van der Waals surface area contributed by atoms with E-state index in [0.717, 1.165) is 5.69 Å². The van der Waals surface area contributed by atoms with Crippen LogP contribution >= 0.6 is 0 Å². The summed E-state index contributed by atoms with van der Waals surface area (Å²) in [5.74, 6) is 0.0346. The number of nitrogens with zero attached hydrogens (tertiary/aromatic N) is 1. The van der Waals surface area contributed by atoms with Gasteiger partial charge in [0.25, 0.3) is 5.91 Å². The molecule has 0 unspecified atom stereocenters. The molecule has 0 aromatic heterocycles. The average Bonchev–Trinajstić information content (AvgIpc) is 2.35. The molecular weight excluding hydrogens is 200 g/mol. The SMILES string of the molecule is C=CCN(CC)C(=O)c1ccccc1NC. The lowest BCUT2D eigenvalue weighted by molar-refractivity contribution is 0.0783. The number of hydrogen-bond acceptors (Lipinski definition) is 2. The first-order valence-corrected chi connectivity index (χ1v) is 5.41. The first-order chi connectivity index (χ1) is 7.74. The van der Waals surface area contributed by atoms with Crippen molar-refractivity contribution in [3.05, 3.63) is 42.5 Å². The Labute approximate surface area is 96.8 Å². The van der Waals surface area contributed by atoms with E-state index >= 15 is 0 Å². The summed E-state index contributed by atoms with van der Waals surface area (Å²) >= 11 is 0. The van der Waals surface area contributed by atoms with Crippen LogP contribution in [0.3, 0.4) is 0 Å². The van der Waals surface area contributed by atoms with Crippen LogP contribution in [0.4, 0.5) is 5.69 Å². The Balaban J connectivity index is 2.98. The van der Waals surface area contributed by atoms with E-state index in [1.165, 1.54) is 0 Å². The van der Waals surface area contributed by atoms with Crippen LogP contribution in [0, 0.1) is 0 Å². The predicted molar refractivity (Wildman–Crippen MR) is 67.8 cm³/mol. The largest absolute Gasteiger partial charge is 0.387 e. The number of carbonyl (C=O) groups excluding carboxylic acids is 1. The van der Waals surface area contributed by atoms with Gasteiger partial charge in [0.2, 0.25) is 0 Å². The molecule has 16 heavy (non-hydrogen) atoms. The van der Waals surface area contributed by atoms with E-state index in [0.29, 0.717) is 18.7 Å². The normalized spacial score (nSPS) is 9.62. The van der Waals surface area contributed by atoms with Crippen molar-refractivity contribution >= 4 is 11.6 Å². The molecule has 3 nitrogen and oxygen atoms in total. The third-order valence-corrected chi connectivity index (χ3v) is 2.45. The zero-order chi connectivity index (χ0) is 12.0. The summed E-state index contributed by atoms with van der Waals surface area (Å²) in [5, 5.41) is 3.02. The van der Waals surface area contributed by atoms with Crippen LogP contribution in [0.2, 0.25) is 0 Å². The number of likely N-dealkylation sites (N-methyl/N-ethyl adjacent to an activating group) is 1. The lowest BCUT2D eigenvalue weighted by Gasteiger charge is -2.20. The topological polar surface area (TPSA) is 32.3 Å². The smallest absolute Gasteiger partial charge is 0.256 e. The van der Waals surface area contributed by atoms with Crippen LogP contribution in [0.25, 0.3) is 0 Å². The second kappa shape index (κ2) is 5.95. The van der Waals surface area contributed by atoms with Gasteiger partial charge in [-0.05, 0) is 19.1 Å². The fourth-order valence-corrected chi connectivity index (χ4v) is 1.57. The van der Waals surface area contributed by atoms with Crippen molar-refractivity contribution in [2.24, 2.45) is 0 Å². The molecule has 0 bridgehead atoms. The van der Waals surface area contributed by atoms with Crippen LogP contribution in [0.1, 0.15) is 17.3 Å². The molecule has 0 aliphatic heterocycles. The molecule has 0 spiro atoms. The highest BCUT2D eigenvalue weighted by atomic mass is 16.2. The van der Waals surface area contributed by atoms with E-state index in [2.05, 4.69) is 11.9 Å². The Morgan fingerprint density at radius 1 is 1.50 bits per heavy atom. The Kier molecular flexibility index (Phi) is 4.58. The summed E-state index contributed by atoms with van der Waals surface area (Å²) in [4.78, 5) is 13.9. The van der Waals surface area contributed by atoms with Gasteiger partial charge in [0.15, 0.2) is 0 Å². The van der Waals surface area contributed by atoms with Crippen LogP contribution in [-0.4, -0.2) is 30.9 Å². The fourth-order valence-electron chi connectivity index (χ4n) is 1.57. The summed E-state index contributed by atoms with van der Waals surface area (Å²) < 4.78 is 0. The second-order valence-electron chi connectivity index (χ2n) is 3.43. The van der Waals surface area contributed by atoms with Crippen molar-refractivity contribution in [3.63, 3.8) is 0 Å². The Morgan fingerprint density at radius 3 is 2.75 bits per heavy atom. The lowest BCUT2D eigenvalue weighted by atomic mass is 10.1. The van der Waals surface area contributed by atoms with Gasteiger partial charge < -0.3 is 10.2 Å². The Hall–Kier alpha value is -1.77. The number of carbonyl (C=O) groups is 1. The van der Waals surface area contributed by atoms with Crippen molar-refractivity contribution in [1.29, 1.82) is 0 Å². The quantitative estimate of drug-likeness (QED) is 0.769. The van der Waals surface area contributed by atoms with E-state index in [4.69, 9.17) is 0 Å². The molecule has 86 valence electrons. The van der Waals surface area contributed by atoms with Crippen molar-refractivity contribution in [2.45, 2.75) is 6.92 Å². The lowest BCUT2D eigenvalue weighted by Crippen LogP contribution is -2.31. The molecule has 0 saturated carbocycles. The molecule has 0 fully saturated rings. The van der Waals surface area contributed by atoms with Gasteiger partial charge in [0.1, 0.15) is 0 Å². The van der Waals surface area contributed by atoms with E-state index < -0.39 is 0 Å². The van der Waals surface area contributed by atoms with Crippen molar-refractivity contribution in [2.75, 3.05) is 25.5 Å². The van der Waals surface area contributed by atoms with E-state index in [-0.39, 0.29) is 5.91 Å². The number of rotatable bonds is 5. The number of anilines is 1. The minimum absolute atomic E-state index is 0.0346. The van der Waals surface area contributed by atoms with Crippen molar-refractivity contribution in [3.8, 4) is 0 Å². The summed E-state index contributed by atoms with van der Waals surface area (Å²) in [5.41, 5.74) is 1.56. The number of para-hydroxylation sites is 1. The van der Waals surface area contributed by atoms with Gasteiger partial charge in [-0.1, -0.05) is 18.2 Å². The predicted octanol–water partition coefficient (Wildman–Crippen LogP) is 2.38. The molecule has 1 amide bonds. The monoisotopic (exact) mass is 218 g/mol. The highest BCUT2D eigenvalue weighted by Gasteiger charge is 2.15. The molecule has 1 N–H and O–H groups in total. The first-order valence-electron chi connectivity index (χ1n) is 5.41. The van der Waals surface area contributed by atoms with Crippen molar-refractivity contribution in [1.82, 2.24) is 4.90 Å². The van der Waals surface area contributed by atoms with Crippen LogP contribution < -0.4 is 5.32 Å². The highest BCUT2D eigenvalue weighted by Crippen LogP contribution is 2.16. The molecule has 0 radical (unpaired) electrons. The Morgan fingerprint density at radius 2 is 2.19 bits per heavy atom. The minimum Gasteiger partial charge on any atom is -0.387 e. The molecule has 0 aliphatic carbocycles. The van der Waals surface area contributed by atoms with Gasteiger partial charge in [-0.3, -0.25) is 4.79 Å². The number of benzene rings is 1. The standard InChI is InChI=1S/C13H18N2O/c1-4-10-15(5-2)13(16)11-8-6-7-9-12(11)14-3/h4,6-9,14H,1,5,10H2,2-3H3. The third-order valence-electron chi connectivity index (χ3n) is 2.45. The molecule has 1 aromatic rings. The average molecular weight is 218 g/mol. The van der Waals surface area contributed by atoms with Gasteiger partial charge in [-0.2, -0.15) is 0 Å². The van der Waals surface area contributed by atoms with Gasteiger partial charge in [0, 0.05) is 25.8 Å². The molecule has 0 heterocycles. The molecule has 0 atom stereocenters. The van der Waals surface area contributed by atoms with E-state index in [1.54, 1.807) is 11.0 Å². The molecule has 0 aliphatic rings. The number of hydrogen-bond donors (Lipinski definition) is 1. The second-order valence-corrected chi connectivity index (χ2v) is 3.43. The molecule has 1 aromatic carbocycles. The molecule has 3 heteroatoms. The summed E-state index contributed by atoms with van der Waals surface area (Å²) in [6.07, 6.45) is 1.74. The summed E-state index contributed by atoms with van der Waals surface area (Å²) in [6, 6.07) is 7.51. The number of nitrogens with one attached hydrogen (secondary N) is 1. The molecular formula is C13H18N2O. The van der Waals surface area contributed by atoms with Gasteiger partial charge in [0.05, 0.1) is 5.56 Å². The van der Waals surface area contributed by atoms with Gasteiger partial charge in [-0.25, -0.2) is 0 Å². The summed E-state index contributed by atoms with van der Waals surface area (Å²) in [6.45, 7) is 6.88. The maximum Gasteiger partial charge on any atom is 0.256 e. The van der Waals surface area contributed by atoms with Gasteiger partial charge in [-0.15, -0.1) is 6.58 Å². The zero-order valence-corrected chi connectivity index (χ0v) is 9.86. The molecule has 0 saturated heterocycles. The third kappa shape index (κ3) is 2.63.